The molecule has 3 aromatic rings. The Hall–Kier alpha value is -4.12. The van der Waals surface area contributed by atoms with Crippen LogP contribution < -0.4 is 4.74 Å². The number of piperidine rings is 1. The van der Waals surface area contributed by atoms with Crippen LogP contribution in [0.4, 0.5) is 9.18 Å². The second kappa shape index (κ2) is 11.8. The zero-order valence-electron chi connectivity index (χ0n) is 24.7. The number of fused-ring (bicyclic) bond motifs is 1. The molecule has 41 heavy (non-hydrogen) atoms. The molecule has 4 rings (SSSR count). The van der Waals surface area contributed by atoms with Crippen molar-refractivity contribution in [2.45, 2.75) is 64.0 Å². The third kappa shape index (κ3) is 6.45. The number of rotatable bonds is 6. The van der Waals surface area contributed by atoms with Crippen molar-refractivity contribution in [3.8, 4) is 11.8 Å². The lowest BCUT2D eigenvalue weighted by molar-refractivity contribution is -0.133. The van der Waals surface area contributed by atoms with Crippen molar-refractivity contribution < 1.29 is 23.5 Å². The molecule has 0 spiro atoms. The molecule has 0 radical (unpaired) electrons. The van der Waals surface area contributed by atoms with Crippen molar-refractivity contribution in [1.29, 1.82) is 5.26 Å². The third-order valence-corrected chi connectivity index (χ3v) is 8.07. The number of carbonyl (C=O) groups excluding carboxylic acids is 2. The molecule has 1 unspecified atom stereocenters. The van der Waals surface area contributed by atoms with Crippen molar-refractivity contribution in [3.05, 3.63) is 77.1 Å². The zero-order chi connectivity index (χ0) is 29.9. The Morgan fingerprint density at radius 3 is 2.41 bits per heavy atom. The van der Waals surface area contributed by atoms with E-state index in [2.05, 4.69) is 6.07 Å². The van der Waals surface area contributed by atoms with Crippen LogP contribution in [0.2, 0.25) is 0 Å². The van der Waals surface area contributed by atoms with Gasteiger partial charge in [-0.2, -0.15) is 5.26 Å². The second-order valence-electron chi connectivity index (χ2n) is 11.9. The van der Waals surface area contributed by atoms with Crippen LogP contribution in [0.3, 0.4) is 0 Å². The highest BCUT2D eigenvalue weighted by Gasteiger charge is 2.41. The maximum absolute atomic E-state index is 14.9. The normalized spacial score (nSPS) is 15.6. The Morgan fingerprint density at radius 1 is 1.12 bits per heavy atom. The maximum atomic E-state index is 14.9. The number of nitriles is 1. The lowest BCUT2D eigenvalue weighted by atomic mass is 9.70. The fraction of sp³-hybridized carbons (Fsp3) is 0.424. The first-order chi connectivity index (χ1) is 19.4. The Balaban J connectivity index is 1.63. The van der Waals surface area contributed by atoms with E-state index in [1.54, 1.807) is 22.9 Å². The molecule has 0 bridgehead atoms. The van der Waals surface area contributed by atoms with E-state index < -0.39 is 22.9 Å². The highest BCUT2D eigenvalue weighted by molar-refractivity contribution is 5.88. The quantitative estimate of drug-likeness (QED) is 0.334. The van der Waals surface area contributed by atoms with Crippen LogP contribution in [-0.4, -0.2) is 54.6 Å². The summed E-state index contributed by atoms with van der Waals surface area (Å²) in [5.41, 5.74) is 0.816. The summed E-state index contributed by atoms with van der Waals surface area (Å²) in [6.45, 7) is 8.18. The van der Waals surface area contributed by atoms with E-state index in [0.717, 1.165) is 16.3 Å². The number of methoxy groups -OCH3 is 1. The van der Waals surface area contributed by atoms with Gasteiger partial charge in [0.25, 0.3) is 0 Å². The van der Waals surface area contributed by atoms with Gasteiger partial charge in [0, 0.05) is 32.0 Å². The minimum Gasteiger partial charge on any atom is -0.494 e. The molecule has 1 aliphatic rings. The van der Waals surface area contributed by atoms with Gasteiger partial charge in [-0.3, -0.25) is 4.79 Å². The van der Waals surface area contributed by atoms with Gasteiger partial charge in [0.2, 0.25) is 5.91 Å². The molecule has 1 atom stereocenters. The van der Waals surface area contributed by atoms with Crippen LogP contribution >= 0.6 is 0 Å². The van der Waals surface area contributed by atoms with Gasteiger partial charge in [-0.15, -0.1) is 0 Å². The number of likely N-dealkylation sites (tertiary alicyclic amines) is 1. The fourth-order valence-corrected chi connectivity index (χ4v) is 5.60. The van der Waals surface area contributed by atoms with Crippen molar-refractivity contribution >= 4 is 22.8 Å². The highest BCUT2D eigenvalue weighted by Crippen LogP contribution is 2.41. The molecule has 0 saturated carbocycles. The van der Waals surface area contributed by atoms with Crippen molar-refractivity contribution in [2.24, 2.45) is 0 Å². The smallest absolute Gasteiger partial charge is 0.410 e. The summed E-state index contributed by atoms with van der Waals surface area (Å²) in [7, 11) is 3.18. The Labute approximate surface area is 241 Å². The maximum Gasteiger partial charge on any atom is 0.410 e. The number of benzene rings is 3. The zero-order valence-corrected chi connectivity index (χ0v) is 24.7. The summed E-state index contributed by atoms with van der Waals surface area (Å²) < 4.78 is 25.6. The highest BCUT2D eigenvalue weighted by atomic mass is 19.1. The van der Waals surface area contributed by atoms with E-state index in [-0.39, 0.29) is 24.1 Å². The lowest BCUT2D eigenvalue weighted by Gasteiger charge is -2.43. The van der Waals surface area contributed by atoms with Crippen LogP contribution in [0, 0.1) is 17.1 Å². The number of hydrogen-bond acceptors (Lipinski definition) is 5. The topological polar surface area (TPSA) is 82.9 Å². The summed E-state index contributed by atoms with van der Waals surface area (Å²) in [5.74, 6) is -0.463. The monoisotopic (exact) mass is 559 g/mol. The Morgan fingerprint density at radius 2 is 1.80 bits per heavy atom. The molecule has 216 valence electrons. The van der Waals surface area contributed by atoms with E-state index in [0.29, 0.717) is 37.1 Å². The predicted octanol–water partition coefficient (Wildman–Crippen LogP) is 6.74. The average Bonchev–Trinajstić information content (AvgIpc) is 2.95. The number of hydrogen-bond donors (Lipinski definition) is 0. The minimum atomic E-state index is -0.687. The van der Waals surface area contributed by atoms with Crippen LogP contribution in [0.25, 0.3) is 10.8 Å². The number of amides is 2. The molecule has 7 nitrogen and oxygen atoms in total. The van der Waals surface area contributed by atoms with Crippen LogP contribution in [0.1, 0.15) is 69.7 Å². The van der Waals surface area contributed by atoms with Gasteiger partial charge in [-0.25, -0.2) is 9.18 Å². The first-order valence-corrected chi connectivity index (χ1v) is 13.9. The van der Waals surface area contributed by atoms with E-state index in [1.165, 1.54) is 13.2 Å². The Bertz CT molecular complexity index is 1480. The molecule has 0 N–H and O–H groups in total. The van der Waals surface area contributed by atoms with Gasteiger partial charge >= 0.3 is 6.09 Å². The largest absolute Gasteiger partial charge is 0.494 e. The van der Waals surface area contributed by atoms with Crippen molar-refractivity contribution in [1.82, 2.24) is 9.80 Å². The molecule has 1 fully saturated rings. The summed E-state index contributed by atoms with van der Waals surface area (Å²) in [6, 6.07) is 18.3. The minimum absolute atomic E-state index is 0.106. The van der Waals surface area contributed by atoms with E-state index in [4.69, 9.17) is 9.47 Å². The number of ether oxygens (including phenoxy) is 2. The van der Waals surface area contributed by atoms with E-state index in [1.807, 2.05) is 70.2 Å². The fourth-order valence-electron chi connectivity index (χ4n) is 5.60. The molecular weight excluding hydrogens is 521 g/mol. The summed E-state index contributed by atoms with van der Waals surface area (Å²) in [4.78, 5) is 30.1. The average molecular weight is 560 g/mol. The molecule has 1 saturated heterocycles. The SMILES string of the molecule is COc1ccc(C2(CC(=O)N(C)C(C)c3cc(C#N)cc4ccccc34)CCN(C(=O)OC(C)(C)C)CC2)cc1F. The van der Waals surface area contributed by atoms with E-state index >= 15 is 0 Å². The molecule has 0 aromatic heterocycles. The van der Waals surface area contributed by atoms with Gasteiger partial charge in [-0.1, -0.05) is 30.3 Å². The van der Waals surface area contributed by atoms with Gasteiger partial charge in [-0.05, 0) is 86.7 Å². The van der Waals surface area contributed by atoms with Crippen LogP contribution in [0.15, 0.2) is 54.6 Å². The molecule has 1 aliphatic heterocycles. The summed E-state index contributed by atoms with van der Waals surface area (Å²) in [6.07, 6.45) is 0.684. The number of halogens is 1. The predicted molar refractivity (Wildman–Crippen MR) is 156 cm³/mol. The summed E-state index contributed by atoms with van der Waals surface area (Å²) in [5, 5.41) is 11.5. The lowest BCUT2D eigenvalue weighted by Crippen LogP contribution is -2.48. The second-order valence-corrected chi connectivity index (χ2v) is 11.9. The van der Waals surface area contributed by atoms with Gasteiger partial charge in [0.05, 0.1) is 24.8 Å². The van der Waals surface area contributed by atoms with Gasteiger partial charge in [0.1, 0.15) is 5.60 Å². The standard InChI is InChI=1S/C33H38FN3O4/c1-22(27-18-23(21-35)17-24-9-7-8-10-26(24)27)36(5)30(38)20-33(25-11-12-29(40-6)28(34)19-25)13-15-37(16-14-33)31(39)41-32(2,3)4/h7-12,17-19,22H,13-16,20H2,1-6H3. The number of carbonyl (C=O) groups is 2. The molecule has 8 heteroatoms. The van der Waals surface area contributed by atoms with Crippen LogP contribution in [-0.2, 0) is 14.9 Å². The first-order valence-electron chi connectivity index (χ1n) is 13.9. The van der Waals surface area contributed by atoms with Gasteiger partial charge in [0.15, 0.2) is 11.6 Å². The molecule has 1 heterocycles. The molecule has 2 amide bonds. The summed E-state index contributed by atoms with van der Waals surface area (Å²) >= 11 is 0. The van der Waals surface area contributed by atoms with Crippen molar-refractivity contribution in [2.75, 3.05) is 27.2 Å². The first kappa shape index (κ1) is 29.9. The number of nitrogens with zero attached hydrogens (tertiary/aromatic N) is 3. The molecule has 3 aromatic carbocycles. The van der Waals surface area contributed by atoms with Crippen LogP contribution in [0.5, 0.6) is 5.75 Å². The van der Waals surface area contributed by atoms with Gasteiger partial charge < -0.3 is 19.3 Å². The molecule has 0 aliphatic carbocycles. The Kier molecular flexibility index (Phi) is 8.58. The van der Waals surface area contributed by atoms with Crippen molar-refractivity contribution in [3.63, 3.8) is 0 Å². The molecular formula is C33H38FN3O4. The van der Waals surface area contributed by atoms with E-state index in [9.17, 15) is 19.2 Å². The third-order valence-electron chi connectivity index (χ3n) is 8.07.